The number of hydrogen-bond donors (Lipinski definition) is 1. The van der Waals surface area contributed by atoms with Gasteiger partial charge < -0.3 is 4.74 Å². The molecule has 0 aliphatic heterocycles. The molecule has 0 unspecified atom stereocenters. The van der Waals surface area contributed by atoms with E-state index in [0.717, 1.165) is 26.7 Å². The van der Waals surface area contributed by atoms with Gasteiger partial charge >= 0.3 is 12.1 Å². The molecule has 0 bridgehead atoms. The molecule has 1 aromatic carbocycles. The Morgan fingerprint density at radius 3 is 2.19 bits per heavy atom. The van der Waals surface area contributed by atoms with Crippen molar-refractivity contribution in [2.45, 2.75) is 96.3 Å². The Morgan fingerprint density at radius 2 is 1.72 bits per heavy atom. The van der Waals surface area contributed by atoms with Crippen molar-refractivity contribution in [3.8, 4) is 11.3 Å². The number of alkyl halides is 3. The molecule has 1 N–H and O–H groups in total. The summed E-state index contributed by atoms with van der Waals surface area (Å²) < 4.78 is 62.8. The summed E-state index contributed by atoms with van der Waals surface area (Å²) in [7, 11) is -1.88. The van der Waals surface area contributed by atoms with Gasteiger partial charge in [0, 0.05) is 5.56 Å². The Balaban J connectivity index is 2.11. The van der Waals surface area contributed by atoms with Gasteiger partial charge in [0.1, 0.15) is 5.69 Å². The number of hydrogen-bond acceptors (Lipinski definition) is 5. The number of carbonyl (C=O) groups excluding carboxylic acids is 1. The van der Waals surface area contributed by atoms with Gasteiger partial charge in [-0.2, -0.15) is 28.2 Å². The fraction of sp³-hybridized carbons (Fsp3) is 0.640. The number of esters is 1. The third kappa shape index (κ3) is 6.16. The molecule has 7 nitrogen and oxygen atoms in total. The lowest BCUT2D eigenvalue weighted by molar-refractivity contribution is -0.220. The highest BCUT2D eigenvalue weighted by molar-refractivity contribution is 7.84. The quantitative estimate of drug-likeness (QED) is 0.437. The minimum atomic E-state index is -4.62. The summed E-state index contributed by atoms with van der Waals surface area (Å²) in [5.74, 6) is -0.917. The SMILES string of the molecule is CC(C)OC(=O)[C@](CC(C)(C)C(F)(F)F)(N[S@@](=O)C(C)(C)C)c1ccc(-c2cnn(C3CC3)n2)cc1. The van der Waals surface area contributed by atoms with E-state index in [1.165, 1.54) is 0 Å². The Labute approximate surface area is 212 Å². The molecule has 0 amide bonds. The Kier molecular flexibility index (Phi) is 7.77. The molecule has 1 aliphatic rings. The minimum Gasteiger partial charge on any atom is -0.461 e. The van der Waals surface area contributed by atoms with Gasteiger partial charge in [0.15, 0.2) is 5.54 Å². The third-order valence-electron chi connectivity index (χ3n) is 6.04. The van der Waals surface area contributed by atoms with Crippen LogP contribution >= 0.6 is 0 Å². The highest BCUT2D eigenvalue weighted by atomic mass is 32.2. The van der Waals surface area contributed by atoms with Crippen molar-refractivity contribution in [2.24, 2.45) is 5.41 Å². The largest absolute Gasteiger partial charge is 0.461 e. The van der Waals surface area contributed by atoms with Gasteiger partial charge in [-0.3, -0.25) is 0 Å². The zero-order valence-corrected chi connectivity index (χ0v) is 22.6. The van der Waals surface area contributed by atoms with Crippen LogP contribution in [0.4, 0.5) is 13.2 Å². The fourth-order valence-electron chi connectivity index (χ4n) is 3.63. The summed E-state index contributed by atoms with van der Waals surface area (Å²) in [6.45, 7) is 10.3. The van der Waals surface area contributed by atoms with Crippen LogP contribution in [0.15, 0.2) is 30.5 Å². The van der Waals surface area contributed by atoms with Crippen molar-refractivity contribution in [2.75, 3.05) is 0 Å². The molecular formula is C25H35F3N4O3S. The van der Waals surface area contributed by atoms with E-state index in [0.29, 0.717) is 17.3 Å². The lowest BCUT2D eigenvalue weighted by atomic mass is 9.74. The van der Waals surface area contributed by atoms with Crippen LogP contribution in [-0.2, 0) is 26.1 Å². The van der Waals surface area contributed by atoms with Gasteiger partial charge in [-0.1, -0.05) is 38.1 Å². The van der Waals surface area contributed by atoms with Crippen LogP contribution in [0.3, 0.4) is 0 Å². The smallest absolute Gasteiger partial charge is 0.394 e. The van der Waals surface area contributed by atoms with Crippen molar-refractivity contribution in [1.82, 2.24) is 19.7 Å². The van der Waals surface area contributed by atoms with E-state index in [9.17, 15) is 22.2 Å². The standard InChI is InChI=1S/C25H35F3N4O3S/c1-16(2)35-21(33)24(31-36(34)22(3,4)5,15-23(6,7)25(26,27)28)18-10-8-17(9-11-18)20-14-29-32(30-20)19-12-13-19/h8-11,14,16,19,31H,12-13,15H2,1-7H3/t24-,36+/m1/s1. The van der Waals surface area contributed by atoms with Crippen LogP contribution < -0.4 is 4.72 Å². The van der Waals surface area contributed by atoms with E-state index in [1.807, 2.05) is 0 Å². The first-order valence-corrected chi connectivity index (χ1v) is 13.1. The van der Waals surface area contributed by atoms with Crippen LogP contribution in [0.5, 0.6) is 0 Å². The Hall–Kier alpha value is -2.27. The Bertz CT molecular complexity index is 1100. The molecule has 200 valence electrons. The number of rotatable bonds is 9. The first-order chi connectivity index (χ1) is 16.5. The van der Waals surface area contributed by atoms with Crippen LogP contribution in [0.1, 0.15) is 79.3 Å². The lowest BCUT2D eigenvalue weighted by Crippen LogP contribution is -2.57. The third-order valence-corrected chi connectivity index (χ3v) is 7.69. The summed E-state index contributed by atoms with van der Waals surface area (Å²) in [6, 6.07) is 6.78. The van der Waals surface area contributed by atoms with Gasteiger partial charge in [-0.15, -0.1) is 0 Å². The normalized spacial score (nSPS) is 17.6. The number of benzene rings is 1. The van der Waals surface area contributed by atoms with Gasteiger partial charge in [0.2, 0.25) is 0 Å². The molecule has 0 saturated heterocycles. The zero-order valence-electron chi connectivity index (χ0n) is 21.8. The van der Waals surface area contributed by atoms with Crippen LogP contribution in [-0.4, -0.2) is 42.2 Å². The van der Waals surface area contributed by atoms with Gasteiger partial charge in [0.25, 0.3) is 0 Å². The number of aromatic nitrogens is 3. The van der Waals surface area contributed by atoms with Crippen molar-refractivity contribution in [1.29, 1.82) is 0 Å². The number of nitrogens with one attached hydrogen (secondary N) is 1. The average molecular weight is 529 g/mol. The maximum atomic E-state index is 14.1. The molecule has 3 rings (SSSR count). The van der Waals surface area contributed by atoms with Crippen molar-refractivity contribution >= 4 is 17.0 Å². The van der Waals surface area contributed by atoms with E-state index in [4.69, 9.17) is 4.74 Å². The predicted octanol–water partition coefficient (Wildman–Crippen LogP) is 5.46. The molecule has 1 aromatic heterocycles. The van der Waals surface area contributed by atoms with Gasteiger partial charge in [0.05, 0.1) is 39.5 Å². The second kappa shape index (κ2) is 9.89. The topological polar surface area (TPSA) is 86.1 Å². The molecule has 2 atom stereocenters. The number of carbonyl (C=O) groups is 1. The summed E-state index contributed by atoms with van der Waals surface area (Å²) in [5, 5.41) is 8.76. The van der Waals surface area contributed by atoms with E-state index < -0.39 is 51.4 Å². The summed E-state index contributed by atoms with van der Waals surface area (Å²) >= 11 is 0. The predicted molar refractivity (Wildman–Crippen MR) is 132 cm³/mol. The lowest BCUT2D eigenvalue weighted by Gasteiger charge is -2.41. The van der Waals surface area contributed by atoms with Crippen LogP contribution in [0.25, 0.3) is 11.3 Å². The maximum Gasteiger partial charge on any atom is 0.394 e. The second-order valence-electron chi connectivity index (χ2n) is 11.3. The van der Waals surface area contributed by atoms with E-state index >= 15 is 0 Å². The highest BCUT2D eigenvalue weighted by Crippen LogP contribution is 2.47. The molecule has 0 radical (unpaired) electrons. The molecule has 1 heterocycles. The second-order valence-corrected chi connectivity index (χ2v) is 13.2. The molecular weight excluding hydrogens is 493 g/mol. The first-order valence-electron chi connectivity index (χ1n) is 12.0. The summed E-state index contributed by atoms with van der Waals surface area (Å²) in [5.41, 5.74) is -2.79. The van der Waals surface area contributed by atoms with Gasteiger partial charge in [-0.25, -0.2) is 13.7 Å². The molecule has 1 fully saturated rings. The number of halogens is 3. The fourth-order valence-corrected chi connectivity index (χ4v) is 4.53. The van der Waals surface area contributed by atoms with Crippen molar-refractivity contribution in [3.05, 3.63) is 36.0 Å². The molecule has 36 heavy (non-hydrogen) atoms. The zero-order chi connectivity index (χ0) is 27.1. The first kappa shape index (κ1) is 28.3. The van der Waals surface area contributed by atoms with E-state index in [-0.39, 0.29) is 5.56 Å². The van der Waals surface area contributed by atoms with E-state index in [2.05, 4.69) is 14.9 Å². The molecule has 2 aromatic rings. The highest BCUT2D eigenvalue weighted by Gasteiger charge is 2.56. The molecule has 11 heteroatoms. The Morgan fingerprint density at radius 1 is 1.14 bits per heavy atom. The monoisotopic (exact) mass is 528 g/mol. The van der Waals surface area contributed by atoms with Crippen molar-refractivity contribution in [3.63, 3.8) is 0 Å². The summed E-state index contributed by atoms with van der Waals surface area (Å²) in [4.78, 5) is 15.2. The summed E-state index contributed by atoms with van der Waals surface area (Å²) in [6.07, 6.45) is -2.24. The molecule has 0 spiro atoms. The minimum absolute atomic E-state index is 0.224. The average Bonchev–Trinajstić information content (AvgIpc) is 3.47. The molecule has 1 saturated carbocycles. The van der Waals surface area contributed by atoms with Crippen LogP contribution in [0.2, 0.25) is 0 Å². The number of nitrogens with zero attached hydrogens (tertiary/aromatic N) is 3. The maximum absolute atomic E-state index is 14.1. The van der Waals surface area contributed by atoms with Crippen LogP contribution in [0, 0.1) is 5.41 Å². The van der Waals surface area contributed by atoms with Crippen molar-refractivity contribution < 1.29 is 26.9 Å². The number of ether oxygens (including phenoxy) is 1. The van der Waals surface area contributed by atoms with Gasteiger partial charge in [-0.05, 0) is 59.4 Å². The van der Waals surface area contributed by atoms with E-state index in [1.54, 1.807) is 69.9 Å². The molecule has 1 aliphatic carbocycles.